The maximum Gasteiger partial charge on any atom is 0.404 e. The van der Waals surface area contributed by atoms with Crippen LogP contribution in [0.1, 0.15) is 16.8 Å². The Morgan fingerprint density at radius 2 is 2.03 bits per heavy atom. The van der Waals surface area contributed by atoms with Gasteiger partial charge in [0.1, 0.15) is 5.82 Å². The quantitative estimate of drug-likeness (QED) is 0.212. The van der Waals surface area contributed by atoms with E-state index < -0.39 is 26.9 Å². The van der Waals surface area contributed by atoms with Crippen molar-refractivity contribution in [1.29, 1.82) is 0 Å². The highest BCUT2D eigenvalue weighted by Crippen LogP contribution is 2.26. The number of sulfonamides is 1. The van der Waals surface area contributed by atoms with E-state index in [1.165, 1.54) is 18.2 Å². The highest BCUT2D eigenvalue weighted by molar-refractivity contribution is 7.89. The van der Waals surface area contributed by atoms with Crippen LogP contribution in [-0.2, 0) is 29.4 Å². The van der Waals surface area contributed by atoms with Gasteiger partial charge in [0.2, 0.25) is 10.0 Å². The minimum Gasteiger partial charge on any atom is -0.465 e. The molecule has 0 aliphatic rings. The van der Waals surface area contributed by atoms with Crippen LogP contribution < -0.4 is 10.0 Å². The first-order valence-electron chi connectivity index (χ1n) is 9.58. The summed E-state index contributed by atoms with van der Waals surface area (Å²) < 4.78 is 42.1. The fraction of sp³-hybridized carbons (Fsp3) is 0.190. The normalized spacial score (nSPS) is 11.3. The number of amides is 1. The van der Waals surface area contributed by atoms with Gasteiger partial charge in [0.05, 0.1) is 16.4 Å². The molecule has 0 spiro atoms. The SMILES string of the molecule is C#CCc1cc([N+](=O)[O-])ccc1S(=O)(=O)NCc1[nH]c2ccc(F)cc2c1CCNC(=O)O. The smallest absolute Gasteiger partial charge is 0.404 e. The first-order chi connectivity index (χ1) is 15.6. The van der Waals surface area contributed by atoms with Crippen LogP contribution in [0.4, 0.5) is 14.9 Å². The van der Waals surface area contributed by atoms with Gasteiger partial charge in [-0.3, -0.25) is 10.1 Å². The van der Waals surface area contributed by atoms with Crippen molar-refractivity contribution >= 4 is 32.7 Å². The molecule has 0 radical (unpaired) electrons. The lowest BCUT2D eigenvalue weighted by atomic mass is 10.1. The summed E-state index contributed by atoms with van der Waals surface area (Å²) in [6.07, 6.45) is 4.13. The van der Waals surface area contributed by atoms with Crippen molar-refractivity contribution in [2.24, 2.45) is 0 Å². The second kappa shape index (κ2) is 9.68. The molecular formula is C21H19FN4O6S. The minimum absolute atomic E-state index is 0.0349. The Kier molecular flexibility index (Phi) is 6.95. The van der Waals surface area contributed by atoms with Crippen molar-refractivity contribution in [3.05, 3.63) is 69.2 Å². The maximum absolute atomic E-state index is 13.8. The standard InChI is InChI=1S/C21H19FN4O6S/c1-2-3-13-10-15(26(29)30)5-7-20(13)33(31,32)24-12-19-16(8-9-23-21(27)28)17-11-14(22)4-6-18(17)25-19/h1,4-7,10-11,23-25H,3,8-9,12H2,(H,27,28). The molecule has 0 saturated heterocycles. The molecule has 2 aromatic carbocycles. The summed E-state index contributed by atoms with van der Waals surface area (Å²) in [4.78, 5) is 24.0. The molecule has 33 heavy (non-hydrogen) atoms. The summed E-state index contributed by atoms with van der Waals surface area (Å²) >= 11 is 0. The highest BCUT2D eigenvalue weighted by Gasteiger charge is 2.22. The maximum atomic E-state index is 13.8. The molecular weight excluding hydrogens is 455 g/mol. The third-order valence-corrected chi connectivity index (χ3v) is 6.39. The van der Waals surface area contributed by atoms with Crippen LogP contribution in [0.25, 0.3) is 10.9 Å². The lowest BCUT2D eigenvalue weighted by molar-refractivity contribution is -0.385. The molecule has 0 bridgehead atoms. The number of nitro groups is 1. The van der Waals surface area contributed by atoms with Crippen molar-refractivity contribution in [2.45, 2.75) is 24.3 Å². The average molecular weight is 474 g/mol. The van der Waals surface area contributed by atoms with E-state index in [-0.39, 0.29) is 42.1 Å². The van der Waals surface area contributed by atoms with Crippen LogP contribution in [0.5, 0.6) is 0 Å². The number of nitrogens with zero attached hydrogens (tertiary/aromatic N) is 1. The van der Waals surface area contributed by atoms with E-state index in [4.69, 9.17) is 11.5 Å². The molecule has 3 rings (SSSR count). The molecule has 0 unspecified atom stereocenters. The van der Waals surface area contributed by atoms with Gasteiger partial charge < -0.3 is 15.4 Å². The number of H-pyrrole nitrogens is 1. The van der Waals surface area contributed by atoms with Crippen LogP contribution in [0.15, 0.2) is 41.3 Å². The number of carboxylic acid groups (broad SMARTS) is 1. The number of fused-ring (bicyclic) bond motifs is 1. The zero-order valence-electron chi connectivity index (χ0n) is 17.1. The fourth-order valence-corrected chi connectivity index (χ4v) is 4.65. The van der Waals surface area contributed by atoms with Crippen molar-refractivity contribution < 1.29 is 27.6 Å². The summed E-state index contributed by atoms with van der Waals surface area (Å²) in [6.45, 7) is -0.180. The summed E-state index contributed by atoms with van der Waals surface area (Å²) in [5.41, 5.74) is 1.34. The van der Waals surface area contributed by atoms with Gasteiger partial charge in [-0.05, 0) is 41.8 Å². The van der Waals surface area contributed by atoms with Crippen LogP contribution in [0, 0.1) is 28.3 Å². The van der Waals surface area contributed by atoms with Gasteiger partial charge >= 0.3 is 6.09 Å². The van der Waals surface area contributed by atoms with E-state index in [0.29, 0.717) is 22.2 Å². The Labute approximate surface area is 188 Å². The van der Waals surface area contributed by atoms with E-state index in [2.05, 4.69) is 20.9 Å². The van der Waals surface area contributed by atoms with Gasteiger partial charge in [-0.25, -0.2) is 22.3 Å². The largest absolute Gasteiger partial charge is 0.465 e. The van der Waals surface area contributed by atoms with Crippen LogP contribution in [0.2, 0.25) is 0 Å². The van der Waals surface area contributed by atoms with Crippen LogP contribution >= 0.6 is 0 Å². The molecule has 0 aliphatic heterocycles. The number of hydrogen-bond acceptors (Lipinski definition) is 5. The molecule has 1 heterocycles. The number of terminal acetylenes is 1. The topological polar surface area (TPSA) is 154 Å². The second-order valence-electron chi connectivity index (χ2n) is 7.01. The molecule has 3 aromatic rings. The summed E-state index contributed by atoms with van der Waals surface area (Å²) in [7, 11) is -4.12. The Balaban J connectivity index is 1.92. The van der Waals surface area contributed by atoms with Gasteiger partial charge in [0.15, 0.2) is 0 Å². The number of hydrogen-bond donors (Lipinski definition) is 4. The van der Waals surface area contributed by atoms with Crippen LogP contribution in [-0.4, -0.2) is 36.1 Å². The van der Waals surface area contributed by atoms with Crippen molar-refractivity contribution in [2.75, 3.05) is 6.54 Å². The number of rotatable bonds is 9. The lowest BCUT2D eigenvalue weighted by Gasteiger charge is -2.11. The fourth-order valence-electron chi connectivity index (χ4n) is 3.44. The van der Waals surface area contributed by atoms with Gasteiger partial charge in [0.25, 0.3) is 5.69 Å². The zero-order chi connectivity index (χ0) is 24.2. The Morgan fingerprint density at radius 1 is 1.27 bits per heavy atom. The Morgan fingerprint density at radius 3 is 2.70 bits per heavy atom. The van der Waals surface area contributed by atoms with Gasteiger partial charge in [-0.1, -0.05) is 0 Å². The number of aromatic nitrogens is 1. The number of nitrogens with one attached hydrogen (secondary N) is 3. The van der Waals surface area contributed by atoms with Gasteiger partial charge in [0, 0.05) is 41.7 Å². The van der Waals surface area contributed by atoms with Crippen molar-refractivity contribution in [1.82, 2.24) is 15.0 Å². The van der Waals surface area contributed by atoms with Crippen molar-refractivity contribution in [3.8, 4) is 12.3 Å². The van der Waals surface area contributed by atoms with E-state index in [0.717, 1.165) is 18.2 Å². The predicted octanol–water partition coefficient (Wildman–Crippen LogP) is 2.68. The second-order valence-corrected chi connectivity index (χ2v) is 8.74. The zero-order valence-corrected chi connectivity index (χ0v) is 17.9. The number of non-ortho nitro benzene ring substituents is 1. The monoisotopic (exact) mass is 474 g/mol. The van der Waals surface area contributed by atoms with Crippen LogP contribution in [0.3, 0.4) is 0 Å². The summed E-state index contributed by atoms with van der Waals surface area (Å²) in [6, 6.07) is 7.33. The average Bonchev–Trinajstić information content (AvgIpc) is 3.09. The minimum atomic E-state index is -4.12. The van der Waals surface area contributed by atoms with Gasteiger partial charge in [-0.2, -0.15) is 0 Å². The molecule has 1 aromatic heterocycles. The number of halogens is 1. The molecule has 172 valence electrons. The first kappa shape index (κ1) is 23.7. The van der Waals surface area contributed by atoms with E-state index in [9.17, 15) is 27.7 Å². The molecule has 10 nitrogen and oxygen atoms in total. The third-order valence-electron chi connectivity index (χ3n) is 4.88. The predicted molar refractivity (Wildman–Crippen MR) is 118 cm³/mol. The molecule has 0 atom stereocenters. The number of carbonyl (C=O) groups is 1. The van der Waals surface area contributed by atoms with Gasteiger partial charge in [-0.15, -0.1) is 12.3 Å². The Bertz CT molecular complexity index is 1380. The number of benzene rings is 2. The summed E-state index contributed by atoms with van der Waals surface area (Å²) in [5.74, 6) is 1.79. The molecule has 0 aliphatic carbocycles. The van der Waals surface area contributed by atoms with E-state index in [1.807, 2.05) is 0 Å². The highest BCUT2D eigenvalue weighted by atomic mass is 32.2. The Hall–Kier alpha value is -3.95. The van der Waals surface area contributed by atoms with Crippen molar-refractivity contribution in [3.63, 3.8) is 0 Å². The molecule has 0 fully saturated rings. The number of nitro benzene ring substituents is 1. The first-order valence-corrected chi connectivity index (χ1v) is 11.1. The molecule has 1 amide bonds. The molecule has 12 heteroatoms. The molecule has 4 N–H and O–H groups in total. The summed E-state index contributed by atoms with van der Waals surface area (Å²) in [5, 5.41) is 22.5. The van der Waals surface area contributed by atoms with E-state index >= 15 is 0 Å². The molecule has 0 saturated carbocycles. The lowest BCUT2D eigenvalue weighted by Crippen LogP contribution is -2.26. The third kappa shape index (κ3) is 5.46. The van der Waals surface area contributed by atoms with E-state index in [1.54, 1.807) is 0 Å². The number of aromatic amines is 1.